The molecule has 0 aromatic carbocycles. The van der Waals surface area contributed by atoms with Gasteiger partial charge < -0.3 is 0 Å². The maximum absolute atomic E-state index is 4.31. The van der Waals surface area contributed by atoms with Gasteiger partial charge in [0.2, 0.25) is 0 Å². The first-order valence-electron chi connectivity index (χ1n) is 7.26. The first-order chi connectivity index (χ1) is 8.27. The number of unbranched alkanes of at least 4 members (excludes halogenated alkanes) is 4. The van der Waals surface area contributed by atoms with E-state index >= 15 is 0 Å². The molecule has 98 valence electrons. The predicted molar refractivity (Wildman–Crippen MR) is 74.2 cm³/mol. The third-order valence-corrected chi connectivity index (χ3v) is 3.51. The molecule has 2 nitrogen and oxygen atoms in total. The van der Waals surface area contributed by atoms with E-state index in [-0.39, 0.29) is 0 Å². The summed E-state index contributed by atoms with van der Waals surface area (Å²) in [5.74, 6) is 0.737. The Kier molecular flexibility index (Phi) is 6.99. The van der Waals surface area contributed by atoms with E-state index in [4.69, 9.17) is 0 Å². The lowest BCUT2D eigenvalue weighted by Crippen LogP contribution is -1.98. The van der Waals surface area contributed by atoms with E-state index in [0.29, 0.717) is 0 Å². The summed E-state index contributed by atoms with van der Waals surface area (Å²) in [5, 5.41) is 4.31. The fourth-order valence-electron chi connectivity index (χ4n) is 2.40. The lowest BCUT2D eigenvalue weighted by molar-refractivity contribution is 0.508. The van der Waals surface area contributed by atoms with Gasteiger partial charge in [-0.05, 0) is 24.3 Å². The second kappa shape index (κ2) is 8.32. The van der Waals surface area contributed by atoms with Gasteiger partial charge in [0.1, 0.15) is 0 Å². The van der Waals surface area contributed by atoms with Gasteiger partial charge in [-0.2, -0.15) is 5.10 Å². The van der Waals surface area contributed by atoms with Crippen molar-refractivity contribution in [3.8, 4) is 0 Å². The first-order valence-corrected chi connectivity index (χ1v) is 7.26. The third kappa shape index (κ3) is 5.38. The molecule has 0 saturated carbocycles. The number of nitrogens with zero attached hydrogens (tertiary/aromatic N) is 2. The summed E-state index contributed by atoms with van der Waals surface area (Å²) < 4.78 is 1.93. The average Bonchev–Trinajstić information content (AvgIpc) is 2.75. The molecule has 0 aliphatic carbocycles. The highest BCUT2D eigenvalue weighted by molar-refractivity contribution is 5.10. The van der Waals surface area contributed by atoms with Crippen LogP contribution in [0.2, 0.25) is 0 Å². The van der Waals surface area contributed by atoms with Crippen LogP contribution in [0.4, 0.5) is 0 Å². The molecule has 1 heterocycles. The molecule has 0 fully saturated rings. The molecule has 2 heteroatoms. The van der Waals surface area contributed by atoms with Crippen molar-refractivity contribution in [2.45, 2.75) is 71.1 Å². The molecule has 0 amide bonds. The Morgan fingerprint density at radius 3 is 2.35 bits per heavy atom. The molecule has 1 unspecified atom stereocenters. The van der Waals surface area contributed by atoms with Crippen molar-refractivity contribution >= 4 is 0 Å². The molecule has 0 radical (unpaired) electrons. The SMILES string of the molecule is CCCCCCC(CCCC)c1cnn(C)c1. The Labute approximate surface area is 106 Å². The average molecular weight is 236 g/mol. The zero-order valence-corrected chi connectivity index (χ0v) is 11.8. The summed E-state index contributed by atoms with van der Waals surface area (Å²) in [6, 6.07) is 0. The second-order valence-electron chi connectivity index (χ2n) is 5.14. The summed E-state index contributed by atoms with van der Waals surface area (Å²) in [6.45, 7) is 4.55. The van der Waals surface area contributed by atoms with Crippen molar-refractivity contribution in [1.29, 1.82) is 0 Å². The summed E-state index contributed by atoms with van der Waals surface area (Å²) in [5.41, 5.74) is 1.44. The Bertz CT molecular complexity index is 291. The maximum atomic E-state index is 4.31. The quantitative estimate of drug-likeness (QED) is 0.570. The van der Waals surface area contributed by atoms with Crippen molar-refractivity contribution in [3.05, 3.63) is 18.0 Å². The summed E-state index contributed by atoms with van der Waals surface area (Å²) in [6.07, 6.45) is 15.0. The fourth-order valence-corrected chi connectivity index (χ4v) is 2.40. The standard InChI is InChI=1S/C15H28N2/c1-4-6-8-9-11-14(10-7-5-2)15-12-16-17(3)13-15/h12-14H,4-11H2,1-3H3. The largest absolute Gasteiger partial charge is 0.276 e. The van der Waals surface area contributed by atoms with E-state index in [0.717, 1.165) is 5.92 Å². The summed E-state index contributed by atoms with van der Waals surface area (Å²) in [4.78, 5) is 0. The zero-order valence-electron chi connectivity index (χ0n) is 11.8. The van der Waals surface area contributed by atoms with E-state index in [9.17, 15) is 0 Å². The second-order valence-corrected chi connectivity index (χ2v) is 5.14. The highest BCUT2D eigenvalue weighted by Crippen LogP contribution is 2.27. The van der Waals surface area contributed by atoms with Crippen molar-refractivity contribution in [3.63, 3.8) is 0 Å². The van der Waals surface area contributed by atoms with Gasteiger partial charge in [0.15, 0.2) is 0 Å². The minimum Gasteiger partial charge on any atom is -0.276 e. The minimum atomic E-state index is 0.737. The van der Waals surface area contributed by atoms with E-state index in [1.165, 1.54) is 56.9 Å². The van der Waals surface area contributed by atoms with Crippen LogP contribution in [0, 0.1) is 0 Å². The van der Waals surface area contributed by atoms with E-state index in [1.54, 1.807) is 0 Å². The van der Waals surface area contributed by atoms with Gasteiger partial charge in [-0.15, -0.1) is 0 Å². The molecule has 0 N–H and O–H groups in total. The van der Waals surface area contributed by atoms with Crippen LogP contribution in [-0.4, -0.2) is 9.78 Å². The molecule has 17 heavy (non-hydrogen) atoms. The van der Waals surface area contributed by atoms with Crippen LogP contribution in [0.15, 0.2) is 12.4 Å². The van der Waals surface area contributed by atoms with Crippen molar-refractivity contribution < 1.29 is 0 Å². The lowest BCUT2D eigenvalue weighted by Gasteiger charge is -2.14. The lowest BCUT2D eigenvalue weighted by atomic mass is 9.90. The van der Waals surface area contributed by atoms with Crippen molar-refractivity contribution in [2.75, 3.05) is 0 Å². The molecule has 1 aromatic rings. The highest BCUT2D eigenvalue weighted by Gasteiger charge is 2.12. The predicted octanol–water partition coefficient (Wildman–Crippen LogP) is 4.66. The normalized spacial score (nSPS) is 12.9. The monoisotopic (exact) mass is 236 g/mol. The Hall–Kier alpha value is -0.790. The minimum absolute atomic E-state index is 0.737. The molecule has 0 bridgehead atoms. The molecular weight excluding hydrogens is 208 g/mol. The molecular formula is C15H28N2. The fraction of sp³-hybridized carbons (Fsp3) is 0.800. The first kappa shape index (κ1) is 14.3. The molecule has 0 spiro atoms. The van der Waals surface area contributed by atoms with Crippen LogP contribution in [0.3, 0.4) is 0 Å². The molecule has 1 atom stereocenters. The van der Waals surface area contributed by atoms with Gasteiger partial charge in [-0.25, -0.2) is 0 Å². The topological polar surface area (TPSA) is 17.8 Å². The Morgan fingerprint density at radius 2 is 1.76 bits per heavy atom. The molecule has 1 aromatic heterocycles. The smallest absolute Gasteiger partial charge is 0.0524 e. The van der Waals surface area contributed by atoms with Gasteiger partial charge in [0, 0.05) is 13.2 Å². The van der Waals surface area contributed by atoms with E-state index in [2.05, 4.69) is 31.3 Å². The zero-order chi connectivity index (χ0) is 12.5. The van der Waals surface area contributed by atoms with Crippen LogP contribution >= 0.6 is 0 Å². The van der Waals surface area contributed by atoms with Crippen LogP contribution < -0.4 is 0 Å². The van der Waals surface area contributed by atoms with E-state index < -0.39 is 0 Å². The number of hydrogen-bond donors (Lipinski definition) is 0. The van der Waals surface area contributed by atoms with Crippen molar-refractivity contribution in [1.82, 2.24) is 9.78 Å². The van der Waals surface area contributed by atoms with Crippen LogP contribution in [0.25, 0.3) is 0 Å². The van der Waals surface area contributed by atoms with Gasteiger partial charge in [0.05, 0.1) is 6.20 Å². The molecule has 0 aliphatic heterocycles. The van der Waals surface area contributed by atoms with Crippen LogP contribution in [0.5, 0.6) is 0 Å². The number of hydrogen-bond acceptors (Lipinski definition) is 1. The van der Waals surface area contributed by atoms with Crippen molar-refractivity contribution in [2.24, 2.45) is 7.05 Å². The third-order valence-electron chi connectivity index (χ3n) is 3.51. The van der Waals surface area contributed by atoms with Gasteiger partial charge in [-0.3, -0.25) is 4.68 Å². The Morgan fingerprint density at radius 1 is 1.06 bits per heavy atom. The molecule has 1 rings (SSSR count). The molecule has 0 saturated heterocycles. The summed E-state index contributed by atoms with van der Waals surface area (Å²) >= 11 is 0. The van der Waals surface area contributed by atoms with Crippen LogP contribution in [-0.2, 0) is 7.05 Å². The molecule has 0 aliphatic rings. The highest BCUT2D eigenvalue weighted by atomic mass is 15.2. The number of aromatic nitrogens is 2. The van der Waals surface area contributed by atoms with Gasteiger partial charge >= 0.3 is 0 Å². The number of aryl methyl sites for hydroxylation is 1. The summed E-state index contributed by atoms with van der Waals surface area (Å²) in [7, 11) is 2.01. The van der Waals surface area contributed by atoms with Gasteiger partial charge in [0.25, 0.3) is 0 Å². The van der Waals surface area contributed by atoms with Crippen LogP contribution in [0.1, 0.15) is 76.7 Å². The maximum Gasteiger partial charge on any atom is 0.0524 e. The van der Waals surface area contributed by atoms with Gasteiger partial charge in [-0.1, -0.05) is 52.4 Å². The Balaban J connectivity index is 2.42. The van der Waals surface area contributed by atoms with E-state index in [1.807, 2.05) is 11.7 Å². The number of rotatable bonds is 9.